The Morgan fingerprint density at radius 2 is 1.91 bits per heavy atom. The Morgan fingerprint density at radius 1 is 1.17 bits per heavy atom. The van der Waals surface area contributed by atoms with E-state index in [1.807, 2.05) is 0 Å². The van der Waals surface area contributed by atoms with Gasteiger partial charge < -0.3 is 4.74 Å². The minimum absolute atomic E-state index is 0.0951. The lowest BCUT2D eigenvalue weighted by molar-refractivity contribution is -0.385. The highest BCUT2D eigenvalue weighted by molar-refractivity contribution is 5.99. The third kappa shape index (κ3) is 3.97. The van der Waals surface area contributed by atoms with Crippen LogP contribution in [0.4, 0.5) is 10.1 Å². The molecule has 7 heteroatoms. The van der Waals surface area contributed by atoms with Crippen LogP contribution in [0, 0.1) is 22.9 Å². The highest BCUT2D eigenvalue weighted by Crippen LogP contribution is 2.19. The topological polar surface area (TPSA) is 86.5 Å². The van der Waals surface area contributed by atoms with Gasteiger partial charge in [0.1, 0.15) is 5.82 Å². The van der Waals surface area contributed by atoms with Crippen LogP contribution in [0.1, 0.15) is 26.3 Å². The number of carbonyl (C=O) groups excluding carboxylic acids is 2. The molecular formula is C16H12FNO5. The molecule has 0 spiro atoms. The van der Waals surface area contributed by atoms with E-state index in [-0.39, 0.29) is 16.8 Å². The van der Waals surface area contributed by atoms with E-state index in [4.69, 9.17) is 4.74 Å². The first kappa shape index (κ1) is 16.3. The summed E-state index contributed by atoms with van der Waals surface area (Å²) >= 11 is 0. The van der Waals surface area contributed by atoms with Gasteiger partial charge in [-0.05, 0) is 31.2 Å². The molecule has 2 aromatic carbocycles. The van der Waals surface area contributed by atoms with Crippen molar-refractivity contribution in [1.82, 2.24) is 0 Å². The molecule has 0 aliphatic carbocycles. The average molecular weight is 317 g/mol. The number of carbonyl (C=O) groups is 2. The summed E-state index contributed by atoms with van der Waals surface area (Å²) in [5, 5.41) is 10.7. The second kappa shape index (κ2) is 6.78. The van der Waals surface area contributed by atoms with Crippen LogP contribution in [0.3, 0.4) is 0 Å². The fraction of sp³-hybridized carbons (Fsp3) is 0.125. The molecule has 23 heavy (non-hydrogen) atoms. The Hall–Kier alpha value is -3.09. The Balaban J connectivity index is 2.04. The Morgan fingerprint density at radius 3 is 2.52 bits per heavy atom. The number of nitrogens with zero attached hydrogens (tertiary/aromatic N) is 1. The van der Waals surface area contributed by atoms with Crippen LogP contribution in [0.5, 0.6) is 0 Å². The van der Waals surface area contributed by atoms with Gasteiger partial charge in [0.05, 0.1) is 10.5 Å². The first-order valence-corrected chi connectivity index (χ1v) is 6.59. The van der Waals surface area contributed by atoms with E-state index in [1.165, 1.54) is 43.3 Å². The molecule has 0 heterocycles. The summed E-state index contributed by atoms with van der Waals surface area (Å²) in [5.41, 5.74) is 0.385. The number of hydrogen-bond donors (Lipinski definition) is 0. The second-order valence-electron chi connectivity index (χ2n) is 4.77. The zero-order valence-corrected chi connectivity index (χ0v) is 12.1. The van der Waals surface area contributed by atoms with Crippen LogP contribution >= 0.6 is 0 Å². The predicted molar refractivity (Wildman–Crippen MR) is 78.8 cm³/mol. The largest absolute Gasteiger partial charge is 0.454 e. The number of nitro groups is 1. The maximum absolute atomic E-state index is 13.0. The molecule has 0 bridgehead atoms. The average Bonchev–Trinajstić information content (AvgIpc) is 2.51. The van der Waals surface area contributed by atoms with Crippen LogP contribution < -0.4 is 0 Å². The van der Waals surface area contributed by atoms with Crippen molar-refractivity contribution >= 4 is 17.4 Å². The third-order valence-corrected chi connectivity index (χ3v) is 3.11. The monoisotopic (exact) mass is 317 g/mol. The van der Waals surface area contributed by atoms with Crippen LogP contribution in [0.25, 0.3) is 0 Å². The number of halogens is 1. The van der Waals surface area contributed by atoms with Gasteiger partial charge >= 0.3 is 5.97 Å². The Bertz CT molecular complexity index is 788. The molecule has 2 aromatic rings. The summed E-state index contributed by atoms with van der Waals surface area (Å²) in [6.45, 7) is 0.950. The van der Waals surface area contributed by atoms with Crippen molar-refractivity contribution in [1.29, 1.82) is 0 Å². The van der Waals surface area contributed by atoms with E-state index in [2.05, 4.69) is 0 Å². The summed E-state index contributed by atoms with van der Waals surface area (Å²) in [7, 11) is 0. The molecule has 0 saturated carbocycles. The molecule has 0 aliphatic heterocycles. The molecule has 0 unspecified atom stereocenters. The summed E-state index contributed by atoms with van der Waals surface area (Å²) in [6, 6.07) is 8.79. The lowest BCUT2D eigenvalue weighted by Crippen LogP contribution is -2.14. The lowest BCUT2D eigenvalue weighted by atomic mass is 10.1. The molecule has 0 saturated heterocycles. The molecule has 0 aromatic heterocycles. The van der Waals surface area contributed by atoms with Gasteiger partial charge in [-0.2, -0.15) is 0 Å². The van der Waals surface area contributed by atoms with Gasteiger partial charge in [0.2, 0.25) is 0 Å². The van der Waals surface area contributed by atoms with Gasteiger partial charge in [-0.25, -0.2) is 9.18 Å². The number of ether oxygens (including phenoxy) is 1. The van der Waals surface area contributed by atoms with Crippen molar-refractivity contribution in [2.45, 2.75) is 6.92 Å². The van der Waals surface area contributed by atoms with Crippen LogP contribution in [-0.4, -0.2) is 23.3 Å². The zero-order valence-electron chi connectivity index (χ0n) is 12.1. The number of aryl methyl sites for hydroxylation is 1. The lowest BCUT2D eigenvalue weighted by Gasteiger charge is -2.05. The number of hydrogen-bond acceptors (Lipinski definition) is 5. The SMILES string of the molecule is Cc1cc(C(=O)OCC(=O)c2cccc(F)c2)ccc1[N+](=O)[O-]. The normalized spacial score (nSPS) is 10.2. The third-order valence-electron chi connectivity index (χ3n) is 3.11. The quantitative estimate of drug-likeness (QED) is 0.366. The standard InChI is InChI=1S/C16H12FNO5/c1-10-7-12(5-6-14(10)18(21)22)16(20)23-9-15(19)11-3-2-4-13(17)8-11/h2-8H,9H2,1H3. The Kier molecular flexibility index (Phi) is 4.80. The van der Waals surface area contributed by atoms with E-state index in [0.717, 1.165) is 6.07 Å². The van der Waals surface area contributed by atoms with Gasteiger partial charge in [-0.15, -0.1) is 0 Å². The van der Waals surface area contributed by atoms with Gasteiger partial charge in [0.15, 0.2) is 12.4 Å². The van der Waals surface area contributed by atoms with Crippen LogP contribution in [0.15, 0.2) is 42.5 Å². The molecule has 0 fully saturated rings. The minimum atomic E-state index is -0.784. The molecule has 0 radical (unpaired) electrons. The van der Waals surface area contributed by atoms with E-state index < -0.39 is 29.1 Å². The van der Waals surface area contributed by atoms with E-state index in [9.17, 15) is 24.1 Å². The van der Waals surface area contributed by atoms with Gasteiger partial charge in [0.25, 0.3) is 5.69 Å². The van der Waals surface area contributed by atoms with Crippen LogP contribution in [-0.2, 0) is 4.74 Å². The zero-order chi connectivity index (χ0) is 17.0. The number of Topliss-reactive ketones (excluding diaryl/α,β-unsaturated/α-hetero) is 1. The molecule has 6 nitrogen and oxygen atoms in total. The van der Waals surface area contributed by atoms with Crippen LogP contribution in [0.2, 0.25) is 0 Å². The van der Waals surface area contributed by atoms with Crippen molar-refractivity contribution < 1.29 is 23.6 Å². The molecule has 0 amide bonds. The number of esters is 1. The summed E-state index contributed by atoms with van der Waals surface area (Å²) < 4.78 is 17.9. The van der Waals surface area contributed by atoms with Crippen molar-refractivity contribution in [2.24, 2.45) is 0 Å². The maximum atomic E-state index is 13.0. The van der Waals surface area contributed by atoms with E-state index in [0.29, 0.717) is 5.56 Å². The highest BCUT2D eigenvalue weighted by atomic mass is 19.1. The number of nitro benzene ring substituents is 1. The minimum Gasteiger partial charge on any atom is -0.454 e. The molecule has 118 valence electrons. The fourth-order valence-electron chi connectivity index (χ4n) is 1.95. The number of benzene rings is 2. The highest BCUT2D eigenvalue weighted by Gasteiger charge is 2.16. The fourth-order valence-corrected chi connectivity index (χ4v) is 1.95. The van der Waals surface area contributed by atoms with Crippen molar-refractivity contribution in [2.75, 3.05) is 6.61 Å². The second-order valence-corrected chi connectivity index (χ2v) is 4.77. The van der Waals surface area contributed by atoms with Gasteiger partial charge in [-0.1, -0.05) is 12.1 Å². The molecular weight excluding hydrogens is 305 g/mol. The summed E-state index contributed by atoms with van der Waals surface area (Å²) in [6.07, 6.45) is 0. The number of ketones is 1. The Labute approximate surface area is 130 Å². The maximum Gasteiger partial charge on any atom is 0.338 e. The van der Waals surface area contributed by atoms with E-state index in [1.54, 1.807) is 0 Å². The predicted octanol–water partition coefficient (Wildman–Crippen LogP) is 3.08. The van der Waals surface area contributed by atoms with Gasteiger partial charge in [-0.3, -0.25) is 14.9 Å². The van der Waals surface area contributed by atoms with Crippen molar-refractivity contribution in [3.05, 3.63) is 75.1 Å². The molecule has 0 N–H and O–H groups in total. The molecule has 0 aliphatic rings. The smallest absolute Gasteiger partial charge is 0.338 e. The molecule has 2 rings (SSSR count). The van der Waals surface area contributed by atoms with Gasteiger partial charge in [0, 0.05) is 17.2 Å². The van der Waals surface area contributed by atoms with Crippen molar-refractivity contribution in [3.63, 3.8) is 0 Å². The number of rotatable bonds is 5. The summed E-state index contributed by atoms with van der Waals surface area (Å²) in [4.78, 5) is 33.8. The first-order chi connectivity index (χ1) is 10.9. The summed E-state index contributed by atoms with van der Waals surface area (Å²) in [5.74, 6) is -1.89. The first-order valence-electron chi connectivity index (χ1n) is 6.59. The van der Waals surface area contributed by atoms with Crippen molar-refractivity contribution in [3.8, 4) is 0 Å². The molecule has 0 atom stereocenters. The van der Waals surface area contributed by atoms with E-state index >= 15 is 0 Å².